The van der Waals surface area contributed by atoms with Crippen LogP contribution in [-0.2, 0) is 9.53 Å². The second-order valence-corrected chi connectivity index (χ2v) is 10.4. The molecule has 3 heteroatoms. The molecule has 0 unspecified atom stereocenters. The molecule has 0 saturated heterocycles. The quantitative estimate of drug-likeness (QED) is 0.809. The normalized spacial score (nSPS) is 52.8. The van der Waals surface area contributed by atoms with Crippen molar-refractivity contribution in [2.45, 2.75) is 90.4 Å². The number of carbonyl (C=O) groups excluding carboxylic acids is 1. The van der Waals surface area contributed by atoms with Crippen molar-refractivity contribution in [1.29, 1.82) is 0 Å². The van der Waals surface area contributed by atoms with Crippen LogP contribution in [0.15, 0.2) is 12.2 Å². The summed E-state index contributed by atoms with van der Waals surface area (Å²) in [4.78, 5) is 12.0. The lowest BCUT2D eigenvalue weighted by molar-refractivity contribution is -0.134. The van der Waals surface area contributed by atoms with Crippen molar-refractivity contribution in [3.63, 3.8) is 0 Å². The maximum absolute atomic E-state index is 12.0. The van der Waals surface area contributed by atoms with E-state index >= 15 is 0 Å². The van der Waals surface area contributed by atoms with Gasteiger partial charge in [-0.1, -0.05) is 33.3 Å². The Morgan fingerprint density at radius 3 is 2.69 bits per heavy atom. The van der Waals surface area contributed by atoms with Crippen molar-refractivity contribution in [2.75, 3.05) is 0 Å². The first-order chi connectivity index (χ1) is 12.5. The molecule has 8 atom stereocenters. The largest absolute Gasteiger partial charge is 0.374 e. The van der Waals surface area contributed by atoms with Crippen LogP contribution in [-0.4, -0.2) is 24.2 Å². The summed E-state index contributed by atoms with van der Waals surface area (Å²) in [5.41, 5.74) is 0.517. The van der Waals surface area contributed by atoms with Crippen LogP contribution < -0.4 is 5.32 Å². The van der Waals surface area contributed by atoms with Gasteiger partial charge in [-0.2, -0.15) is 0 Å². The maximum atomic E-state index is 12.0. The molecule has 4 aliphatic carbocycles. The molecule has 0 aromatic carbocycles. The Labute approximate surface area is 158 Å². The van der Waals surface area contributed by atoms with Crippen molar-refractivity contribution in [3.8, 4) is 0 Å². The zero-order valence-corrected chi connectivity index (χ0v) is 16.7. The van der Waals surface area contributed by atoms with Gasteiger partial charge in [0.1, 0.15) is 0 Å². The highest BCUT2D eigenvalue weighted by Crippen LogP contribution is 2.65. The van der Waals surface area contributed by atoms with Gasteiger partial charge in [-0.25, -0.2) is 0 Å². The minimum Gasteiger partial charge on any atom is -0.374 e. The summed E-state index contributed by atoms with van der Waals surface area (Å²) in [7, 11) is 0. The number of carbonyl (C=O) groups is 1. The third kappa shape index (κ3) is 2.38. The number of amides is 1. The summed E-state index contributed by atoms with van der Waals surface area (Å²) in [6.07, 6.45) is 15.3. The van der Waals surface area contributed by atoms with E-state index in [0.29, 0.717) is 29.6 Å². The molecular formula is C23H35NO2. The van der Waals surface area contributed by atoms with Gasteiger partial charge in [0.05, 0.1) is 12.2 Å². The lowest BCUT2D eigenvalue weighted by Crippen LogP contribution is -2.62. The van der Waals surface area contributed by atoms with Gasteiger partial charge in [-0.3, -0.25) is 4.79 Å². The summed E-state index contributed by atoms with van der Waals surface area (Å²) in [6.45, 7) is 7.34. The van der Waals surface area contributed by atoms with Gasteiger partial charge >= 0.3 is 0 Å². The number of hydrogen-bond acceptors (Lipinski definition) is 2. The van der Waals surface area contributed by atoms with Crippen molar-refractivity contribution < 1.29 is 9.53 Å². The van der Waals surface area contributed by atoms with Crippen molar-refractivity contribution >= 4 is 5.91 Å². The molecule has 0 aromatic rings. The molecule has 5 rings (SSSR count). The monoisotopic (exact) mass is 357 g/mol. The number of ether oxygens (including phenoxy) is 1. The van der Waals surface area contributed by atoms with E-state index in [4.69, 9.17) is 4.74 Å². The minimum absolute atomic E-state index is 0.111. The Hall–Kier alpha value is -0.830. The van der Waals surface area contributed by atoms with Gasteiger partial charge in [0.15, 0.2) is 0 Å². The molecule has 0 spiro atoms. The van der Waals surface area contributed by atoms with Crippen LogP contribution in [0.4, 0.5) is 0 Å². The summed E-state index contributed by atoms with van der Waals surface area (Å²) in [5, 5.41) is 3.32. The second-order valence-electron chi connectivity index (χ2n) is 10.4. The third-order valence-corrected chi connectivity index (χ3v) is 9.19. The molecule has 0 aromatic heterocycles. The Balaban J connectivity index is 1.48. The Bertz CT molecular complexity index is 626. The van der Waals surface area contributed by atoms with Gasteiger partial charge in [0.2, 0.25) is 5.91 Å². The van der Waals surface area contributed by atoms with Gasteiger partial charge in [0.25, 0.3) is 0 Å². The molecule has 144 valence electrons. The topological polar surface area (TPSA) is 38.3 Å². The molecule has 0 radical (unpaired) electrons. The van der Waals surface area contributed by atoms with E-state index in [9.17, 15) is 4.79 Å². The van der Waals surface area contributed by atoms with Crippen molar-refractivity contribution in [1.82, 2.24) is 5.32 Å². The van der Waals surface area contributed by atoms with Gasteiger partial charge in [-0.05, 0) is 80.1 Å². The average Bonchev–Trinajstić information content (AvgIpc) is 3.37. The predicted octanol–water partition coefficient (Wildman–Crippen LogP) is 4.47. The lowest BCUT2D eigenvalue weighted by Gasteiger charge is -2.61. The second kappa shape index (κ2) is 5.83. The molecule has 1 amide bonds. The standard InChI is InChI=1S/C23H35NO2/c1-4-14-13-18-22(2,12-10-20(25)24-18)17-9-11-23(3)16(21(14)17)7-8-19(23)26-15-5-6-15/h10,12,14-19,21H,4-9,11,13H2,1-3H3,(H,24,25)/t14-,16-,17-,18+,19-,21-,22+,23-/m0/s1. The van der Waals surface area contributed by atoms with Crippen LogP contribution in [0.25, 0.3) is 0 Å². The number of nitrogens with one attached hydrogen (secondary N) is 1. The smallest absolute Gasteiger partial charge is 0.243 e. The lowest BCUT2D eigenvalue weighted by atomic mass is 9.45. The van der Waals surface area contributed by atoms with E-state index < -0.39 is 0 Å². The van der Waals surface area contributed by atoms with E-state index in [2.05, 4.69) is 32.2 Å². The molecule has 0 bridgehead atoms. The van der Waals surface area contributed by atoms with Crippen LogP contribution in [0.1, 0.15) is 72.1 Å². The summed E-state index contributed by atoms with van der Waals surface area (Å²) < 4.78 is 6.52. The van der Waals surface area contributed by atoms with Crippen molar-refractivity contribution in [2.24, 2.45) is 34.5 Å². The van der Waals surface area contributed by atoms with E-state index in [1.807, 2.05) is 0 Å². The molecule has 1 aliphatic heterocycles. The highest BCUT2D eigenvalue weighted by Gasteiger charge is 2.62. The van der Waals surface area contributed by atoms with Crippen LogP contribution in [0.5, 0.6) is 0 Å². The molecule has 3 nitrogen and oxygen atoms in total. The molecule has 1 N–H and O–H groups in total. The zero-order valence-electron chi connectivity index (χ0n) is 16.7. The molecule has 5 aliphatic rings. The minimum atomic E-state index is 0.111. The fraction of sp³-hybridized carbons (Fsp3) is 0.870. The van der Waals surface area contributed by atoms with E-state index in [0.717, 1.165) is 24.2 Å². The average molecular weight is 358 g/mol. The SMILES string of the molecule is CC[C@H]1C[C@H]2NC(=O)C=C[C@]2(C)[C@H]2CC[C@]3(C)[C@@H](OC4CC4)CC[C@H]3[C@H]12. The first-order valence-electron chi connectivity index (χ1n) is 11.1. The Morgan fingerprint density at radius 1 is 1.15 bits per heavy atom. The number of hydrogen-bond donors (Lipinski definition) is 1. The summed E-state index contributed by atoms with van der Waals surface area (Å²) in [6, 6.07) is 0.329. The first kappa shape index (κ1) is 17.3. The molecule has 4 fully saturated rings. The predicted molar refractivity (Wildman–Crippen MR) is 103 cm³/mol. The van der Waals surface area contributed by atoms with Crippen molar-refractivity contribution in [3.05, 3.63) is 12.2 Å². The Kier molecular flexibility index (Phi) is 3.88. The molecular weight excluding hydrogens is 322 g/mol. The van der Waals surface area contributed by atoms with Crippen LogP contribution in [0.2, 0.25) is 0 Å². The first-order valence-corrected chi connectivity index (χ1v) is 11.1. The third-order valence-electron chi connectivity index (χ3n) is 9.19. The zero-order chi connectivity index (χ0) is 18.1. The maximum Gasteiger partial charge on any atom is 0.243 e. The van der Waals surface area contributed by atoms with Crippen LogP contribution in [0.3, 0.4) is 0 Å². The van der Waals surface area contributed by atoms with E-state index in [-0.39, 0.29) is 11.3 Å². The van der Waals surface area contributed by atoms with Gasteiger partial charge in [0, 0.05) is 11.5 Å². The molecule has 1 heterocycles. The molecule has 4 saturated carbocycles. The number of rotatable bonds is 3. The van der Waals surface area contributed by atoms with E-state index in [1.54, 1.807) is 6.08 Å². The highest BCUT2D eigenvalue weighted by molar-refractivity contribution is 5.89. The van der Waals surface area contributed by atoms with E-state index in [1.165, 1.54) is 44.9 Å². The number of fused-ring (bicyclic) bond motifs is 5. The van der Waals surface area contributed by atoms with Gasteiger partial charge < -0.3 is 10.1 Å². The van der Waals surface area contributed by atoms with Gasteiger partial charge in [-0.15, -0.1) is 0 Å². The summed E-state index contributed by atoms with van der Waals surface area (Å²) in [5.74, 6) is 3.17. The van der Waals surface area contributed by atoms with Crippen LogP contribution in [0, 0.1) is 34.5 Å². The Morgan fingerprint density at radius 2 is 1.96 bits per heavy atom. The fourth-order valence-electron chi connectivity index (χ4n) is 7.53. The molecule has 26 heavy (non-hydrogen) atoms. The van der Waals surface area contributed by atoms with Crippen LogP contribution >= 0.6 is 0 Å². The fourth-order valence-corrected chi connectivity index (χ4v) is 7.53. The highest BCUT2D eigenvalue weighted by atomic mass is 16.5. The summed E-state index contributed by atoms with van der Waals surface area (Å²) >= 11 is 0.